The van der Waals surface area contributed by atoms with Crippen molar-refractivity contribution >= 4 is 17.9 Å². The molecule has 7 heteroatoms. The highest BCUT2D eigenvalue weighted by Crippen LogP contribution is 2.65. The first-order valence-electron chi connectivity index (χ1n) is 15.1. The highest BCUT2D eigenvalue weighted by Gasteiger charge is 2.63. The number of piperidine rings is 1. The van der Waals surface area contributed by atoms with Crippen LogP contribution in [0.2, 0.25) is 0 Å². The van der Waals surface area contributed by atoms with Crippen molar-refractivity contribution in [2.75, 3.05) is 26.2 Å². The molecule has 39 heavy (non-hydrogen) atoms. The Morgan fingerprint density at radius 1 is 0.974 bits per heavy atom. The lowest BCUT2D eigenvalue weighted by Crippen LogP contribution is -2.67. The molecule has 0 aromatic heterocycles. The number of hydrogen-bond donors (Lipinski definition) is 0. The lowest BCUT2D eigenvalue weighted by molar-refractivity contribution is -0.184. The molecule has 4 aliphatic carbocycles. The number of rotatable bonds is 4. The first-order chi connectivity index (χ1) is 18.4. The standard InChI is InChI=1S/C32H45N3O4/c1-21(2)24-8-6-7-9-25(24)26-19-34(28(37)32-14-22(15-32)16-32)20-27(36)35(26)23-17-31(18-23)10-12-33(13-11-31)29(38)39-30(3,4)5/h6-9,21-23,26H,10-20H2,1-5H3. The van der Waals surface area contributed by atoms with Crippen LogP contribution in [0.4, 0.5) is 4.79 Å². The fraction of sp³-hybridized carbons (Fsp3) is 0.719. The fourth-order valence-corrected chi connectivity index (χ4v) is 8.09. The van der Waals surface area contributed by atoms with Gasteiger partial charge >= 0.3 is 6.09 Å². The number of hydrogen-bond acceptors (Lipinski definition) is 4. The zero-order chi connectivity index (χ0) is 27.7. The van der Waals surface area contributed by atoms with E-state index in [1.54, 1.807) is 0 Å². The minimum Gasteiger partial charge on any atom is -0.444 e. The highest BCUT2D eigenvalue weighted by molar-refractivity contribution is 5.91. The van der Waals surface area contributed by atoms with Gasteiger partial charge in [0.2, 0.25) is 11.8 Å². The van der Waals surface area contributed by atoms with Crippen LogP contribution < -0.4 is 0 Å². The smallest absolute Gasteiger partial charge is 0.410 e. The molecule has 0 radical (unpaired) electrons. The molecule has 1 aromatic carbocycles. The van der Waals surface area contributed by atoms with Crippen molar-refractivity contribution in [3.05, 3.63) is 35.4 Å². The number of piperazine rings is 1. The van der Waals surface area contributed by atoms with Crippen molar-refractivity contribution in [3.8, 4) is 0 Å². The van der Waals surface area contributed by atoms with Crippen LogP contribution in [0.15, 0.2) is 24.3 Å². The van der Waals surface area contributed by atoms with E-state index in [0.29, 0.717) is 25.6 Å². The van der Waals surface area contributed by atoms with Crippen LogP contribution >= 0.6 is 0 Å². The van der Waals surface area contributed by atoms with Gasteiger partial charge in [-0.2, -0.15) is 0 Å². The lowest BCUT2D eigenvalue weighted by atomic mass is 9.44. The number of amides is 3. The van der Waals surface area contributed by atoms with Crippen LogP contribution in [0, 0.1) is 16.7 Å². The Morgan fingerprint density at radius 3 is 2.18 bits per heavy atom. The number of nitrogens with zero attached hydrogens (tertiary/aromatic N) is 3. The summed E-state index contributed by atoms with van der Waals surface area (Å²) in [6.07, 6.45) is 6.66. The molecule has 6 fully saturated rings. The average molecular weight is 536 g/mol. The summed E-state index contributed by atoms with van der Waals surface area (Å²) in [6.45, 7) is 12.3. The lowest BCUT2D eigenvalue weighted by Gasteiger charge is -2.62. The predicted octanol–water partition coefficient (Wildman–Crippen LogP) is 5.50. The summed E-state index contributed by atoms with van der Waals surface area (Å²) in [4.78, 5) is 45.9. The third-order valence-corrected chi connectivity index (χ3v) is 10.3. The zero-order valence-corrected chi connectivity index (χ0v) is 24.4. The second kappa shape index (κ2) is 9.24. The summed E-state index contributed by atoms with van der Waals surface area (Å²) < 4.78 is 5.59. The van der Waals surface area contributed by atoms with Crippen molar-refractivity contribution in [3.63, 3.8) is 0 Å². The van der Waals surface area contributed by atoms with Gasteiger partial charge in [0, 0.05) is 25.7 Å². The summed E-state index contributed by atoms with van der Waals surface area (Å²) >= 11 is 0. The van der Waals surface area contributed by atoms with E-state index >= 15 is 0 Å². The molecule has 4 saturated carbocycles. The minimum atomic E-state index is -0.489. The third-order valence-electron chi connectivity index (χ3n) is 10.3. The molecular formula is C32H45N3O4. The van der Waals surface area contributed by atoms with Gasteiger partial charge in [-0.3, -0.25) is 9.59 Å². The maximum absolute atomic E-state index is 13.9. The van der Waals surface area contributed by atoms with E-state index in [-0.39, 0.29) is 47.4 Å². The summed E-state index contributed by atoms with van der Waals surface area (Å²) in [5.41, 5.74) is 1.98. The van der Waals surface area contributed by atoms with Gasteiger partial charge in [0.25, 0.3) is 0 Å². The van der Waals surface area contributed by atoms with Crippen LogP contribution in [0.1, 0.15) is 103 Å². The number of benzene rings is 1. The van der Waals surface area contributed by atoms with Gasteiger partial charge in [-0.05, 0) is 94.1 Å². The zero-order valence-electron chi connectivity index (χ0n) is 24.4. The Bertz CT molecular complexity index is 1140. The second-order valence-corrected chi connectivity index (χ2v) is 14.6. The molecule has 1 spiro atoms. The number of ether oxygens (including phenoxy) is 1. The molecule has 1 atom stereocenters. The molecule has 2 aliphatic heterocycles. The van der Waals surface area contributed by atoms with Gasteiger partial charge in [-0.1, -0.05) is 38.1 Å². The Balaban J connectivity index is 1.18. The second-order valence-electron chi connectivity index (χ2n) is 14.6. The molecule has 2 saturated heterocycles. The van der Waals surface area contributed by atoms with Crippen LogP contribution in [-0.2, 0) is 14.3 Å². The van der Waals surface area contributed by atoms with E-state index in [1.165, 1.54) is 11.1 Å². The summed E-state index contributed by atoms with van der Waals surface area (Å²) in [7, 11) is 0. The van der Waals surface area contributed by atoms with Crippen molar-refractivity contribution in [1.82, 2.24) is 14.7 Å². The van der Waals surface area contributed by atoms with E-state index in [9.17, 15) is 14.4 Å². The summed E-state index contributed by atoms with van der Waals surface area (Å²) in [6, 6.07) is 8.58. The minimum absolute atomic E-state index is 0.0933. The molecule has 2 bridgehead atoms. The van der Waals surface area contributed by atoms with Gasteiger partial charge in [0.05, 0.1) is 18.0 Å². The average Bonchev–Trinajstić information content (AvgIpc) is 2.79. The van der Waals surface area contributed by atoms with Crippen molar-refractivity contribution < 1.29 is 19.1 Å². The van der Waals surface area contributed by atoms with Gasteiger partial charge in [0.15, 0.2) is 0 Å². The van der Waals surface area contributed by atoms with Gasteiger partial charge in [-0.15, -0.1) is 0 Å². The summed E-state index contributed by atoms with van der Waals surface area (Å²) in [5.74, 6) is 1.38. The molecule has 0 N–H and O–H groups in total. The third kappa shape index (κ3) is 4.63. The molecule has 7 nitrogen and oxygen atoms in total. The van der Waals surface area contributed by atoms with Gasteiger partial charge < -0.3 is 19.4 Å². The van der Waals surface area contributed by atoms with Gasteiger partial charge in [-0.25, -0.2) is 4.79 Å². The molecule has 212 valence electrons. The van der Waals surface area contributed by atoms with Crippen molar-refractivity contribution in [2.24, 2.45) is 16.7 Å². The van der Waals surface area contributed by atoms with E-state index in [2.05, 4.69) is 43.0 Å². The van der Waals surface area contributed by atoms with Crippen LogP contribution in [-0.4, -0.2) is 70.4 Å². The number of carbonyl (C=O) groups is 3. The van der Waals surface area contributed by atoms with Crippen LogP contribution in [0.3, 0.4) is 0 Å². The van der Waals surface area contributed by atoms with Crippen molar-refractivity contribution in [2.45, 2.75) is 103 Å². The Kier molecular flexibility index (Phi) is 6.31. The number of carbonyl (C=O) groups excluding carboxylic acids is 3. The van der Waals surface area contributed by atoms with E-state index < -0.39 is 5.60 Å². The Labute approximate surface area is 233 Å². The van der Waals surface area contributed by atoms with Crippen molar-refractivity contribution in [1.29, 1.82) is 0 Å². The molecule has 7 rings (SSSR count). The maximum atomic E-state index is 13.9. The first kappa shape index (κ1) is 26.6. The Morgan fingerprint density at radius 2 is 1.62 bits per heavy atom. The van der Waals surface area contributed by atoms with E-state index in [4.69, 9.17) is 4.74 Å². The maximum Gasteiger partial charge on any atom is 0.410 e. The normalized spacial score (nSPS) is 30.1. The Hall–Kier alpha value is -2.57. The molecule has 6 aliphatic rings. The molecule has 2 heterocycles. The molecular weight excluding hydrogens is 490 g/mol. The fourth-order valence-electron chi connectivity index (χ4n) is 8.09. The topological polar surface area (TPSA) is 70.2 Å². The molecule has 3 amide bonds. The monoisotopic (exact) mass is 535 g/mol. The number of likely N-dealkylation sites (tertiary alicyclic amines) is 1. The van der Waals surface area contributed by atoms with Gasteiger partial charge in [0.1, 0.15) is 5.60 Å². The first-order valence-corrected chi connectivity index (χ1v) is 15.1. The predicted molar refractivity (Wildman–Crippen MR) is 149 cm³/mol. The molecule has 1 aromatic rings. The largest absolute Gasteiger partial charge is 0.444 e. The van der Waals surface area contributed by atoms with Crippen LogP contribution in [0.25, 0.3) is 0 Å². The molecule has 1 unspecified atom stereocenters. The SMILES string of the molecule is CC(C)c1ccccc1C1CN(C(=O)C23CC(C2)C3)CC(=O)N1C1CC2(CCN(C(=O)OC(C)(C)C)CC2)C1. The van der Waals surface area contributed by atoms with Crippen LogP contribution in [0.5, 0.6) is 0 Å². The highest BCUT2D eigenvalue weighted by atomic mass is 16.6. The summed E-state index contributed by atoms with van der Waals surface area (Å²) in [5, 5.41) is 0. The van der Waals surface area contributed by atoms with E-state index in [0.717, 1.165) is 50.9 Å². The van der Waals surface area contributed by atoms with E-state index in [1.807, 2.05) is 30.6 Å². The quantitative estimate of drug-likeness (QED) is 0.510.